The van der Waals surface area contributed by atoms with Crippen molar-refractivity contribution in [2.75, 3.05) is 19.8 Å². The van der Waals surface area contributed by atoms with Gasteiger partial charge < -0.3 is 9.84 Å². The fourth-order valence-electron chi connectivity index (χ4n) is 2.47. The maximum atomic E-state index is 11.6. The molecule has 2 rings (SSSR count). The molecular weight excluding hydrogens is 230 g/mol. The van der Waals surface area contributed by atoms with Gasteiger partial charge in [0.15, 0.2) is 0 Å². The smallest absolute Gasteiger partial charge is 0.325 e. The van der Waals surface area contributed by atoms with E-state index in [1.165, 1.54) is 0 Å². The third kappa shape index (κ3) is 2.71. The second-order valence-electron chi connectivity index (χ2n) is 4.53. The highest BCUT2D eigenvalue weighted by atomic mass is 16.5. The van der Waals surface area contributed by atoms with Crippen molar-refractivity contribution in [1.82, 2.24) is 4.90 Å². The van der Waals surface area contributed by atoms with Crippen LogP contribution in [0.5, 0.6) is 0 Å². The SMILES string of the molecule is CCC1COCCN1C(C(=O)O)c1ccccc1. The standard InChI is InChI=1S/C14H19NO3/c1-2-12-10-18-9-8-15(12)13(14(16)17)11-6-4-3-5-7-11/h3-7,12-13H,2,8-10H2,1H3,(H,16,17). The van der Waals surface area contributed by atoms with Crippen molar-refractivity contribution < 1.29 is 14.6 Å². The molecule has 18 heavy (non-hydrogen) atoms. The molecule has 1 aliphatic heterocycles. The second kappa shape index (κ2) is 5.98. The van der Waals surface area contributed by atoms with Gasteiger partial charge in [0.25, 0.3) is 0 Å². The molecule has 1 aliphatic rings. The highest BCUT2D eigenvalue weighted by Gasteiger charge is 2.33. The summed E-state index contributed by atoms with van der Waals surface area (Å²) in [7, 11) is 0. The molecule has 98 valence electrons. The first-order chi connectivity index (χ1) is 8.74. The summed E-state index contributed by atoms with van der Waals surface area (Å²) in [4.78, 5) is 13.6. The van der Waals surface area contributed by atoms with E-state index in [0.717, 1.165) is 12.0 Å². The number of morpholine rings is 1. The Morgan fingerprint density at radius 1 is 1.50 bits per heavy atom. The van der Waals surface area contributed by atoms with E-state index < -0.39 is 12.0 Å². The molecule has 0 saturated carbocycles. The molecule has 0 bridgehead atoms. The van der Waals surface area contributed by atoms with Crippen LogP contribution in [0.3, 0.4) is 0 Å². The molecule has 1 fully saturated rings. The van der Waals surface area contributed by atoms with E-state index in [-0.39, 0.29) is 6.04 Å². The van der Waals surface area contributed by atoms with E-state index in [1.807, 2.05) is 35.2 Å². The minimum absolute atomic E-state index is 0.181. The van der Waals surface area contributed by atoms with Gasteiger partial charge in [0.05, 0.1) is 13.2 Å². The number of nitrogens with zero attached hydrogens (tertiary/aromatic N) is 1. The van der Waals surface area contributed by atoms with Crippen LogP contribution < -0.4 is 0 Å². The molecule has 2 unspecified atom stereocenters. The summed E-state index contributed by atoms with van der Waals surface area (Å²) in [5, 5.41) is 9.51. The monoisotopic (exact) mass is 249 g/mol. The molecule has 1 N–H and O–H groups in total. The van der Waals surface area contributed by atoms with E-state index in [0.29, 0.717) is 19.8 Å². The molecule has 0 spiro atoms. The van der Waals surface area contributed by atoms with Gasteiger partial charge >= 0.3 is 5.97 Å². The van der Waals surface area contributed by atoms with E-state index in [1.54, 1.807) is 0 Å². The maximum Gasteiger partial charge on any atom is 0.325 e. The molecule has 1 aromatic rings. The molecule has 1 heterocycles. The Morgan fingerprint density at radius 2 is 2.22 bits per heavy atom. The fourth-order valence-corrected chi connectivity index (χ4v) is 2.47. The van der Waals surface area contributed by atoms with Gasteiger partial charge in [0, 0.05) is 12.6 Å². The summed E-state index contributed by atoms with van der Waals surface area (Å²) in [5.74, 6) is -0.790. The topological polar surface area (TPSA) is 49.8 Å². The zero-order valence-corrected chi connectivity index (χ0v) is 10.6. The molecule has 1 saturated heterocycles. The number of carboxylic acids is 1. The predicted molar refractivity (Wildman–Crippen MR) is 68.4 cm³/mol. The van der Waals surface area contributed by atoms with Crippen LogP contribution in [0.4, 0.5) is 0 Å². The average Bonchev–Trinajstić information content (AvgIpc) is 2.40. The first-order valence-corrected chi connectivity index (χ1v) is 6.35. The van der Waals surface area contributed by atoms with Crippen molar-refractivity contribution in [3.8, 4) is 0 Å². The Balaban J connectivity index is 2.27. The Labute approximate surface area is 107 Å². The number of hydrogen-bond acceptors (Lipinski definition) is 3. The van der Waals surface area contributed by atoms with E-state index in [2.05, 4.69) is 6.92 Å². The average molecular weight is 249 g/mol. The second-order valence-corrected chi connectivity index (χ2v) is 4.53. The van der Waals surface area contributed by atoms with Gasteiger partial charge in [0.1, 0.15) is 6.04 Å². The minimum atomic E-state index is -0.790. The van der Waals surface area contributed by atoms with Crippen molar-refractivity contribution in [2.45, 2.75) is 25.4 Å². The van der Waals surface area contributed by atoms with E-state index >= 15 is 0 Å². The molecule has 4 heteroatoms. The third-order valence-corrected chi connectivity index (χ3v) is 3.43. The van der Waals surface area contributed by atoms with Crippen molar-refractivity contribution in [3.05, 3.63) is 35.9 Å². The van der Waals surface area contributed by atoms with Crippen LogP contribution in [0.2, 0.25) is 0 Å². The van der Waals surface area contributed by atoms with Gasteiger partial charge in [-0.2, -0.15) is 0 Å². The van der Waals surface area contributed by atoms with Crippen molar-refractivity contribution in [2.24, 2.45) is 0 Å². The molecule has 0 radical (unpaired) electrons. The molecule has 0 aromatic heterocycles. The Kier molecular flexibility index (Phi) is 4.33. The molecule has 0 amide bonds. The van der Waals surface area contributed by atoms with Crippen molar-refractivity contribution in [1.29, 1.82) is 0 Å². The first kappa shape index (κ1) is 13.1. The van der Waals surface area contributed by atoms with Gasteiger partial charge in [-0.05, 0) is 12.0 Å². The van der Waals surface area contributed by atoms with Crippen LogP contribution in [-0.2, 0) is 9.53 Å². The van der Waals surface area contributed by atoms with E-state index in [4.69, 9.17) is 4.74 Å². The normalized spacial score (nSPS) is 22.6. The number of rotatable bonds is 4. The fraction of sp³-hybridized carbons (Fsp3) is 0.500. The maximum absolute atomic E-state index is 11.6. The lowest BCUT2D eigenvalue weighted by Crippen LogP contribution is -2.49. The first-order valence-electron chi connectivity index (χ1n) is 6.35. The number of carbonyl (C=O) groups is 1. The van der Waals surface area contributed by atoms with Gasteiger partial charge in [-0.15, -0.1) is 0 Å². The lowest BCUT2D eigenvalue weighted by molar-refractivity contribution is -0.148. The molecule has 2 atom stereocenters. The number of benzene rings is 1. The number of carboxylic acid groups (broad SMARTS) is 1. The van der Waals surface area contributed by atoms with Crippen LogP contribution in [0, 0.1) is 0 Å². The Hall–Kier alpha value is -1.39. The van der Waals surface area contributed by atoms with Gasteiger partial charge in [0.2, 0.25) is 0 Å². The molecule has 0 aliphatic carbocycles. The Morgan fingerprint density at radius 3 is 2.83 bits per heavy atom. The summed E-state index contributed by atoms with van der Waals surface area (Å²) < 4.78 is 5.43. The highest BCUT2D eigenvalue weighted by molar-refractivity contribution is 5.75. The molecule has 1 aromatic carbocycles. The summed E-state index contributed by atoms with van der Waals surface area (Å²) in [5.41, 5.74) is 0.838. The zero-order chi connectivity index (χ0) is 13.0. The van der Waals surface area contributed by atoms with Crippen molar-refractivity contribution in [3.63, 3.8) is 0 Å². The minimum Gasteiger partial charge on any atom is -0.480 e. The van der Waals surface area contributed by atoms with Crippen LogP contribution in [-0.4, -0.2) is 41.8 Å². The van der Waals surface area contributed by atoms with Crippen LogP contribution in [0.25, 0.3) is 0 Å². The molecular formula is C14H19NO3. The summed E-state index contributed by atoms with van der Waals surface area (Å²) in [6, 6.07) is 9.03. The highest BCUT2D eigenvalue weighted by Crippen LogP contribution is 2.26. The predicted octanol–water partition coefficient (Wildman–Crippen LogP) is 1.92. The number of ether oxygens (including phenoxy) is 1. The van der Waals surface area contributed by atoms with Crippen molar-refractivity contribution >= 4 is 5.97 Å². The summed E-state index contributed by atoms with van der Waals surface area (Å²) in [6.45, 7) is 3.96. The van der Waals surface area contributed by atoms with Gasteiger partial charge in [-0.3, -0.25) is 9.69 Å². The lowest BCUT2D eigenvalue weighted by atomic mass is 10.0. The molecule has 4 nitrogen and oxygen atoms in total. The lowest BCUT2D eigenvalue weighted by Gasteiger charge is -2.39. The third-order valence-electron chi connectivity index (χ3n) is 3.43. The summed E-state index contributed by atoms with van der Waals surface area (Å²) >= 11 is 0. The summed E-state index contributed by atoms with van der Waals surface area (Å²) in [6.07, 6.45) is 0.899. The number of hydrogen-bond donors (Lipinski definition) is 1. The Bertz CT molecular complexity index is 393. The van der Waals surface area contributed by atoms with Crippen LogP contribution in [0.15, 0.2) is 30.3 Å². The van der Waals surface area contributed by atoms with Crippen LogP contribution in [0.1, 0.15) is 24.9 Å². The van der Waals surface area contributed by atoms with Gasteiger partial charge in [-0.25, -0.2) is 0 Å². The van der Waals surface area contributed by atoms with Crippen LogP contribution >= 0.6 is 0 Å². The largest absolute Gasteiger partial charge is 0.480 e. The zero-order valence-electron chi connectivity index (χ0n) is 10.6. The van der Waals surface area contributed by atoms with Gasteiger partial charge in [-0.1, -0.05) is 37.3 Å². The number of aliphatic carboxylic acids is 1. The van der Waals surface area contributed by atoms with E-state index in [9.17, 15) is 9.90 Å². The quantitative estimate of drug-likeness (QED) is 0.885.